The second-order valence-electron chi connectivity index (χ2n) is 7.21. The van der Waals surface area contributed by atoms with Crippen LogP contribution in [0.15, 0.2) is 60.8 Å². The minimum Gasteiger partial charge on any atom is -0.494 e. The molecule has 6 nitrogen and oxygen atoms in total. The maximum atomic E-state index is 13.0. The number of nitrogens with two attached hydrogens (primary N) is 1. The molecule has 7 heteroatoms. The molecule has 152 valence electrons. The van der Waals surface area contributed by atoms with Crippen LogP contribution in [-0.4, -0.2) is 46.8 Å². The molecule has 1 aliphatic rings. The molecule has 3 aromatic rings. The van der Waals surface area contributed by atoms with Crippen molar-refractivity contribution in [1.82, 2.24) is 14.7 Å². The second-order valence-corrected chi connectivity index (χ2v) is 7.21. The Morgan fingerprint density at radius 2 is 1.90 bits per heavy atom. The summed E-state index contributed by atoms with van der Waals surface area (Å²) in [4.78, 5) is 14.8. The SMILES string of the molecule is COc1ccc(C)cc1-n1ccc(C(=O)N2C[C@@H](N)[C@H](c3ccccc3)C2)n1.Cl. The van der Waals surface area contributed by atoms with Gasteiger partial charge in [-0.1, -0.05) is 36.4 Å². The van der Waals surface area contributed by atoms with Gasteiger partial charge in [0.2, 0.25) is 0 Å². The molecule has 1 amide bonds. The lowest BCUT2D eigenvalue weighted by molar-refractivity contribution is 0.0783. The third kappa shape index (κ3) is 4.13. The normalized spacial score (nSPS) is 18.4. The van der Waals surface area contributed by atoms with Gasteiger partial charge in [-0.05, 0) is 36.2 Å². The first kappa shape index (κ1) is 20.9. The van der Waals surface area contributed by atoms with Gasteiger partial charge in [-0.2, -0.15) is 5.10 Å². The predicted octanol–water partition coefficient (Wildman–Crippen LogP) is 3.18. The number of amides is 1. The van der Waals surface area contributed by atoms with E-state index in [0.29, 0.717) is 24.5 Å². The molecule has 1 saturated heterocycles. The van der Waals surface area contributed by atoms with Crippen molar-refractivity contribution in [2.24, 2.45) is 5.73 Å². The summed E-state index contributed by atoms with van der Waals surface area (Å²) in [6, 6.07) is 17.7. The van der Waals surface area contributed by atoms with E-state index in [0.717, 1.165) is 11.3 Å². The van der Waals surface area contributed by atoms with E-state index in [2.05, 4.69) is 17.2 Å². The van der Waals surface area contributed by atoms with Crippen molar-refractivity contribution in [2.75, 3.05) is 20.2 Å². The number of aryl methyl sites for hydroxylation is 1. The van der Waals surface area contributed by atoms with Gasteiger partial charge in [0.25, 0.3) is 5.91 Å². The molecule has 0 saturated carbocycles. The Morgan fingerprint density at radius 3 is 2.62 bits per heavy atom. The van der Waals surface area contributed by atoms with E-state index in [9.17, 15) is 4.79 Å². The van der Waals surface area contributed by atoms with Crippen molar-refractivity contribution in [3.05, 3.63) is 77.6 Å². The Hall–Kier alpha value is -2.83. The lowest BCUT2D eigenvalue weighted by Gasteiger charge is -2.15. The smallest absolute Gasteiger partial charge is 0.274 e. The lowest BCUT2D eigenvalue weighted by Crippen LogP contribution is -2.32. The van der Waals surface area contributed by atoms with E-state index in [-0.39, 0.29) is 30.3 Å². The van der Waals surface area contributed by atoms with E-state index < -0.39 is 0 Å². The quantitative estimate of drug-likeness (QED) is 0.714. The van der Waals surface area contributed by atoms with Crippen LogP contribution in [0.4, 0.5) is 0 Å². The molecule has 0 radical (unpaired) electrons. The number of likely N-dealkylation sites (tertiary alicyclic amines) is 1. The number of methoxy groups -OCH3 is 1. The molecular formula is C22H25ClN4O2. The Kier molecular flexibility index (Phi) is 6.25. The second kappa shape index (κ2) is 8.68. The van der Waals surface area contributed by atoms with Crippen LogP contribution in [0.25, 0.3) is 5.69 Å². The van der Waals surface area contributed by atoms with Crippen molar-refractivity contribution in [3.8, 4) is 11.4 Å². The summed E-state index contributed by atoms with van der Waals surface area (Å²) in [6.07, 6.45) is 1.79. The van der Waals surface area contributed by atoms with Gasteiger partial charge in [0, 0.05) is 31.2 Å². The lowest BCUT2D eigenvalue weighted by atomic mass is 9.95. The molecule has 1 aromatic heterocycles. The number of benzene rings is 2. The summed E-state index contributed by atoms with van der Waals surface area (Å²) in [5.74, 6) is 0.753. The van der Waals surface area contributed by atoms with Crippen LogP contribution in [0, 0.1) is 6.92 Å². The number of hydrogen-bond acceptors (Lipinski definition) is 4. The van der Waals surface area contributed by atoms with Gasteiger partial charge in [0.15, 0.2) is 5.69 Å². The number of rotatable bonds is 4. The standard InChI is InChI=1S/C22H24N4O2.ClH/c1-15-8-9-21(28-2)20(12-15)26-11-10-19(24-26)22(27)25-13-17(18(23)14-25)16-6-4-3-5-7-16;/h3-12,17-18H,13-14,23H2,1-2H3;1H/t17-,18+;/m0./s1. The van der Waals surface area contributed by atoms with Crippen LogP contribution < -0.4 is 10.5 Å². The molecule has 2 heterocycles. The fourth-order valence-corrected chi connectivity index (χ4v) is 3.76. The Bertz CT molecular complexity index is 989. The Labute approximate surface area is 176 Å². The van der Waals surface area contributed by atoms with Gasteiger partial charge in [-0.3, -0.25) is 4.79 Å². The molecule has 2 aromatic carbocycles. The topological polar surface area (TPSA) is 73.4 Å². The zero-order chi connectivity index (χ0) is 19.7. The summed E-state index contributed by atoms with van der Waals surface area (Å²) in [7, 11) is 1.62. The summed E-state index contributed by atoms with van der Waals surface area (Å²) in [5, 5.41) is 4.50. The van der Waals surface area contributed by atoms with Gasteiger partial charge in [-0.25, -0.2) is 4.68 Å². The van der Waals surface area contributed by atoms with Crippen LogP contribution in [0.1, 0.15) is 27.5 Å². The fraction of sp³-hybridized carbons (Fsp3) is 0.273. The highest BCUT2D eigenvalue weighted by molar-refractivity contribution is 5.92. The summed E-state index contributed by atoms with van der Waals surface area (Å²) in [5.41, 5.74) is 9.81. The van der Waals surface area contributed by atoms with Gasteiger partial charge < -0.3 is 15.4 Å². The Balaban J connectivity index is 0.00000240. The predicted molar refractivity (Wildman–Crippen MR) is 115 cm³/mol. The number of nitrogens with zero attached hydrogens (tertiary/aromatic N) is 3. The van der Waals surface area contributed by atoms with E-state index in [1.807, 2.05) is 43.3 Å². The van der Waals surface area contributed by atoms with Crippen LogP contribution in [0.5, 0.6) is 5.75 Å². The zero-order valence-corrected chi connectivity index (χ0v) is 17.3. The van der Waals surface area contributed by atoms with Crippen molar-refractivity contribution in [2.45, 2.75) is 18.9 Å². The first-order chi connectivity index (χ1) is 13.6. The number of carbonyl (C=O) groups is 1. The molecule has 29 heavy (non-hydrogen) atoms. The molecule has 1 fully saturated rings. The number of aromatic nitrogens is 2. The molecule has 0 bridgehead atoms. The monoisotopic (exact) mass is 412 g/mol. The van der Waals surface area contributed by atoms with E-state index in [1.165, 1.54) is 5.56 Å². The number of hydrogen-bond donors (Lipinski definition) is 1. The average Bonchev–Trinajstić information content (AvgIpc) is 3.35. The number of carbonyl (C=O) groups excluding carboxylic acids is 1. The van der Waals surface area contributed by atoms with Crippen LogP contribution in [0.2, 0.25) is 0 Å². The largest absolute Gasteiger partial charge is 0.494 e. The zero-order valence-electron chi connectivity index (χ0n) is 16.5. The fourth-order valence-electron chi connectivity index (χ4n) is 3.76. The average molecular weight is 413 g/mol. The van der Waals surface area contributed by atoms with Crippen molar-refractivity contribution >= 4 is 18.3 Å². The molecule has 4 rings (SSSR count). The highest BCUT2D eigenvalue weighted by Gasteiger charge is 2.34. The van der Waals surface area contributed by atoms with Gasteiger partial charge in [0.05, 0.1) is 7.11 Å². The maximum absolute atomic E-state index is 13.0. The molecule has 0 unspecified atom stereocenters. The van der Waals surface area contributed by atoms with E-state index >= 15 is 0 Å². The minimum atomic E-state index is -0.0979. The van der Waals surface area contributed by atoms with Crippen molar-refractivity contribution in [1.29, 1.82) is 0 Å². The minimum absolute atomic E-state index is 0. The van der Waals surface area contributed by atoms with Crippen LogP contribution in [0.3, 0.4) is 0 Å². The summed E-state index contributed by atoms with van der Waals surface area (Å²) >= 11 is 0. The van der Waals surface area contributed by atoms with Gasteiger partial charge >= 0.3 is 0 Å². The third-order valence-corrected chi connectivity index (χ3v) is 5.27. The molecule has 0 spiro atoms. The Morgan fingerprint density at radius 1 is 1.14 bits per heavy atom. The van der Waals surface area contributed by atoms with Crippen molar-refractivity contribution < 1.29 is 9.53 Å². The molecule has 0 aliphatic carbocycles. The first-order valence-electron chi connectivity index (χ1n) is 9.37. The molecule has 1 aliphatic heterocycles. The van der Waals surface area contributed by atoms with Crippen LogP contribution in [-0.2, 0) is 0 Å². The first-order valence-corrected chi connectivity index (χ1v) is 9.37. The molecule has 2 atom stereocenters. The highest BCUT2D eigenvalue weighted by atomic mass is 35.5. The van der Waals surface area contributed by atoms with Crippen molar-refractivity contribution in [3.63, 3.8) is 0 Å². The van der Waals surface area contributed by atoms with E-state index in [4.69, 9.17) is 10.5 Å². The number of ether oxygens (including phenoxy) is 1. The molecular weight excluding hydrogens is 388 g/mol. The van der Waals surface area contributed by atoms with Crippen LogP contribution >= 0.6 is 12.4 Å². The van der Waals surface area contributed by atoms with Gasteiger partial charge in [0.1, 0.15) is 11.4 Å². The summed E-state index contributed by atoms with van der Waals surface area (Å²) in [6.45, 7) is 3.14. The molecule has 2 N–H and O–H groups in total. The van der Waals surface area contributed by atoms with Gasteiger partial charge in [-0.15, -0.1) is 12.4 Å². The summed E-state index contributed by atoms with van der Waals surface area (Å²) < 4.78 is 7.11. The highest BCUT2D eigenvalue weighted by Crippen LogP contribution is 2.28. The number of halogens is 1. The van der Waals surface area contributed by atoms with E-state index in [1.54, 1.807) is 29.0 Å². The maximum Gasteiger partial charge on any atom is 0.274 e. The third-order valence-electron chi connectivity index (χ3n) is 5.27.